The Morgan fingerprint density at radius 1 is 1.12 bits per heavy atom. The maximum Gasteiger partial charge on any atom is 0.326 e. The second kappa shape index (κ2) is 9.82. The lowest BCUT2D eigenvalue weighted by molar-refractivity contribution is -0.142. The van der Waals surface area contributed by atoms with Gasteiger partial charge in [-0.2, -0.15) is 0 Å². The number of carboxylic acid groups (broad SMARTS) is 1. The van der Waals surface area contributed by atoms with Crippen molar-refractivity contribution in [2.75, 3.05) is 24.6 Å². The molecule has 0 aliphatic carbocycles. The van der Waals surface area contributed by atoms with Crippen LogP contribution in [0.2, 0.25) is 0 Å². The number of hydrogen-bond donors (Lipinski definition) is 2. The van der Waals surface area contributed by atoms with Crippen LogP contribution in [0.25, 0.3) is 11.1 Å². The van der Waals surface area contributed by atoms with Gasteiger partial charge in [0.25, 0.3) is 5.91 Å². The minimum absolute atomic E-state index is 0.191. The van der Waals surface area contributed by atoms with Crippen LogP contribution < -0.4 is 15.4 Å². The van der Waals surface area contributed by atoms with E-state index in [1.54, 1.807) is 24.0 Å². The number of rotatable bonds is 8. The van der Waals surface area contributed by atoms with E-state index in [2.05, 4.69) is 0 Å². The van der Waals surface area contributed by atoms with Crippen LogP contribution >= 0.6 is 0 Å². The lowest BCUT2D eigenvalue weighted by Gasteiger charge is -2.28. The van der Waals surface area contributed by atoms with E-state index in [-0.39, 0.29) is 24.9 Å². The van der Waals surface area contributed by atoms with E-state index in [1.807, 2.05) is 44.2 Å². The molecule has 3 N–H and O–H groups in total. The van der Waals surface area contributed by atoms with E-state index >= 15 is 0 Å². The van der Waals surface area contributed by atoms with Crippen LogP contribution in [-0.2, 0) is 9.59 Å². The third-order valence-electron chi connectivity index (χ3n) is 5.46. The van der Waals surface area contributed by atoms with Crippen LogP contribution in [0.15, 0.2) is 42.5 Å². The van der Waals surface area contributed by atoms with Gasteiger partial charge in [0.2, 0.25) is 5.91 Å². The van der Waals surface area contributed by atoms with Gasteiger partial charge < -0.3 is 25.4 Å². The minimum atomic E-state index is -1.13. The minimum Gasteiger partial charge on any atom is -0.492 e. The number of carbonyl (C=O) groups is 3. The molecule has 3 rings (SSSR count). The van der Waals surface area contributed by atoms with Gasteiger partial charge in [-0.3, -0.25) is 9.59 Å². The summed E-state index contributed by atoms with van der Waals surface area (Å²) in [6.07, 6.45) is 0.204. The lowest BCUT2D eigenvalue weighted by Crippen LogP contribution is -2.48. The van der Waals surface area contributed by atoms with Crippen molar-refractivity contribution in [3.05, 3.63) is 48.0 Å². The number of carbonyl (C=O) groups excluding carboxylic acids is 2. The van der Waals surface area contributed by atoms with Crippen molar-refractivity contribution in [1.29, 1.82) is 0 Å². The van der Waals surface area contributed by atoms with E-state index in [9.17, 15) is 19.5 Å². The molecule has 2 amide bonds. The molecular weight excluding hydrogens is 410 g/mol. The molecule has 1 unspecified atom stereocenters. The second-order valence-corrected chi connectivity index (χ2v) is 7.95. The van der Waals surface area contributed by atoms with Crippen molar-refractivity contribution in [1.82, 2.24) is 4.90 Å². The molecule has 32 heavy (non-hydrogen) atoms. The van der Waals surface area contributed by atoms with Crippen molar-refractivity contribution in [3.8, 4) is 16.9 Å². The summed E-state index contributed by atoms with van der Waals surface area (Å²) in [6, 6.07) is 11.5. The van der Waals surface area contributed by atoms with Gasteiger partial charge in [-0.15, -0.1) is 0 Å². The summed E-state index contributed by atoms with van der Waals surface area (Å²) >= 11 is 0. The molecule has 1 atom stereocenters. The second-order valence-electron chi connectivity index (χ2n) is 7.95. The van der Waals surface area contributed by atoms with Crippen LogP contribution in [0.5, 0.6) is 5.75 Å². The molecule has 0 spiro atoms. The summed E-state index contributed by atoms with van der Waals surface area (Å²) in [7, 11) is 0. The number of ether oxygens (including phenoxy) is 1. The number of amides is 2. The number of nitrogens with zero attached hydrogens (tertiary/aromatic N) is 2. The molecule has 8 heteroatoms. The van der Waals surface area contributed by atoms with Crippen molar-refractivity contribution >= 4 is 23.5 Å². The monoisotopic (exact) mass is 439 g/mol. The number of benzene rings is 2. The molecule has 8 nitrogen and oxygen atoms in total. The SMILES string of the molecule is CCC(C(=O)O)N1CC(=O)N(C(C)C)c2ccc(-c3ccc(OCCN)cc3)cc2C1=O. The van der Waals surface area contributed by atoms with Crippen LogP contribution in [-0.4, -0.2) is 59.6 Å². The van der Waals surface area contributed by atoms with Gasteiger partial charge in [0.05, 0.1) is 11.3 Å². The van der Waals surface area contributed by atoms with Gasteiger partial charge in [-0.05, 0) is 55.7 Å². The fraction of sp³-hybridized carbons (Fsp3) is 0.375. The number of hydrogen-bond acceptors (Lipinski definition) is 5. The predicted octanol–water partition coefficient (Wildman–Crippen LogP) is 2.75. The Hall–Kier alpha value is -3.39. The van der Waals surface area contributed by atoms with Gasteiger partial charge in [0.1, 0.15) is 24.9 Å². The molecule has 0 radical (unpaired) electrons. The highest BCUT2D eigenvalue weighted by Crippen LogP contribution is 2.33. The molecule has 2 aromatic rings. The molecule has 0 saturated heterocycles. The van der Waals surface area contributed by atoms with Crippen molar-refractivity contribution in [2.45, 2.75) is 39.3 Å². The first kappa shape index (κ1) is 23.3. The standard InChI is InChI=1S/C24H29N3O5/c1-4-20(24(30)31)26-14-22(28)27(15(2)3)21-10-7-17(13-19(21)23(26)29)16-5-8-18(9-6-16)32-12-11-25/h5-10,13,15,20H,4,11-12,14,25H2,1-3H3,(H,30,31). The molecule has 1 aliphatic heterocycles. The number of nitrogens with two attached hydrogens (primary N) is 1. The first-order valence-corrected chi connectivity index (χ1v) is 10.7. The molecule has 0 aromatic heterocycles. The summed E-state index contributed by atoms with van der Waals surface area (Å²) in [4.78, 5) is 41.0. The molecule has 170 valence electrons. The van der Waals surface area contributed by atoms with E-state index < -0.39 is 17.9 Å². The van der Waals surface area contributed by atoms with E-state index in [0.29, 0.717) is 30.2 Å². The van der Waals surface area contributed by atoms with Crippen LogP contribution in [0.3, 0.4) is 0 Å². The lowest BCUT2D eigenvalue weighted by atomic mass is 10.00. The summed E-state index contributed by atoms with van der Waals surface area (Å²) in [5, 5.41) is 9.63. The summed E-state index contributed by atoms with van der Waals surface area (Å²) < 4.78 is 5.51. The maximum absolute atomic E-state index is 13.5. The first-order valence-electron chi connectivity index (χ1n) is 10.7. The van der Waals surface area contributed by atoms with Gasteiger partial charge in [0, 0.05) is 12.6 Å². The van der Waals surface area contributed by atoms with Gasteiger partial charge >= 0.3 is 5.97 Å². The highest BCUT2D eigenvalue weighted by atomic mass is 16.5. The Labute approximate surface area is 187 Å². The Bertz CT molecular complexity index is 1000. The quantitative estimate of drug-likeness (QED) is 0.654. The van der Waals surface area contributed by atoms with Crippen molar-refractivity contribution in [3.63, 3.8) is 0 Å². The van der Waals surface area contributed by atoms with E-state index in [4.69, 9.17) is 10.5 Å². The largest absolute Gasteiger partial charge is 0.492 e. The zero-order valence-electron chi connectivity index (χ0n) is 18.6. The summed E-state index contributed by atoms with van der Waals surface area (Å²) in [6.45, 7) is 5.98. The fourth-order valence-electron chi connectivity index (χ4n) is 3.95. The molecular formula is C24H29N3O5. The van der Waals surface area contributed by atoms with Crippen LogP contribution in [0.4, 0.5) is 5.69 Å². The van der Waals surface area contributed by atoms with Gasteiger partial charge in [0.15, 0.2) is 0 Å². The normalized spacial score (nSPS) is 14.9. The molecule has 0 bridgehead atoms. The Kier molecular flexibility index (Phi) is 7.15. The Balaban J connectivity index is 2.07. The summed E-state index contributed by atoms with van der Waals surface area (Å²) in [5.74, 6) is -1.20. The zero-order chi connectivity index (χ0) is 23.4. The molecule has 2 aromatic carbocycles. The maximum atomic E-state index is 13.5. The van der Waals surface area contributed by atoms with Gasteiger partial charge in [-0.25, -0.2) is 4.79 Å². The topological polar surface area (TPSA) is 113 Å². The molecule has 1 aliphatic rings. The van der Waals surface area contributed by atoms with Gasteiger partial charge in [-0.1, -0.05) is 25.1 Å². The number of anilines is 1. The summed E-state index contributed by atoms with van der Waals surface area (Å²) in [5.41, 5.74) is 7.91. The Morgan fingerprint density at radius 3 is 2.34 bits per heavy atom. The average molecular weight is 440 g/mol. The van der Waals surface area contributed by atoms with Crippen LogP contribution in [0.1, 0.15) is 37.6 Å². The average Bonchev–Trinajstić information content (AvgIpc) is 2.87. The highest BCUT2D eigenvalue weighted by Gasteiger charge is 2.38. The predicted molar refractivity (Wildman–Crippen MR) is 122 cm³/mol. The highest BCUT2D eigenvalue weighted by molar-refractivity contribution is 6.11. The molecule has 0 fully saturated rings. The number of fused-ring (bicyclic) bond motifs is 1. The molecule has 0 saturated carbocycles. The smallest absolute Gasteiger partial charge is 0.326 e. The van der Waals surface area contributed by atoms with E-state index in [1.165, 1.54) is 4.90 Å². The first-order chi connectivity index (χ1) is 15.3. The van der Waals surface area contributed by atoms with Crippen LogP contribution in [0, 0.1) is 0 Å². The van der Waals surface area contributed by atoms with Crippen molar-refractivity contribution in [2.24, 2.45) is 5.73 Å². The number of aliphatic carboxylic acids is 1. The van der Waals surface area contributed by atoms with E-state index in [0.717, 1.165) is 11.1 Å². The van der Waals surface area contributed by atoms with Crippen molar-refractivity contribution < 1.29 is 24.2 Å². The zero-order valence-corrected chi connectivity index (χ0v) is 18.6. The fourth-order valence-corrected chi connectivity index (χ4v) is 3.95. The third-order valence-corrected chi connectivity index (χ3v) is 5.46. The third kappa shape index (κ3) is 4.60. The molecule has 1 heterocycles. The number of carboxylic acids is 1. The Morgan fingerprint density at radius 2 is 1.78 bits per heavy atom.